The lowest BCUT2D eigenvalue weighted by atomic mass is 10.0. The van der Waals surface area contributed by atoms with Crippen molar-refractivity contribution in [1.29, 1.82) is 0 Å². The second kappa shape index (κ2) is 3.99. The highest BCUT2D eigenvalue weighted by atomic mass is 16.3. The number of hydrogen-bond donors (Lipinski definition) is 1. The number of rotatable bonds is 2. The highest BCUT2D eigenvalue weighted by molar-refractivity contribution is 5.86. The van der Waals surface area contributed by atoms with E-state index in [1.165, 1.54) is 0 Å². The van der Waals surface area contributed by atoms with E-state index in [0.717, 1.165) is 32.2 Å². The van der Waals surface area contributed by atoms with Gasteiger partial charge in [0.2, 0.25) is 0 Å². The lowest BCUT2D eigenvalue weighted by Gasteiger charge is -2.29. The number of ketones is 1. The van der Waals surface area contributed by atoms with Crippen molar-refractivity contribution in [2.45, 2.75) is 44.7 Å². The van der Waals surface area contributed by atoms with Crippen LogP contribution in [-0.4, -0.2) is 41.0 Å². The molecule has 3 heteroatoms. The van der Waals surface area contributed by atoms with Gasteiger partial charge in [-0.25, -0.2) is 0 Å². The van der Waals surface area contributed by atoms with Crippen LogP contribution in [0.3, 0.4) is 0 Å². The number of hydrogen-bond acceptors (Lipinski definition) is 3. The zero-order valence-corrected chi connectivity index (χ0v) is 8.78. The molecular formula is C11H19NO2. The fraction of sp³-hybridized carbons (Fsp3) is 0.909. The Morgan fingerprint density at radius 2 is 2.29 bits per heavy atom. The van der Waals surface area contributed by atoms with Crippen molar-refractivity contribution in [3.05, 3.63) is 0 Å². The van der Waals surface area contributed by atoms with Crippen LogP contribution in [0, 0.1) is 5.92 Å². The van der Waals surface area contributed by atoms with Gasteiger partial charge in [-0.1, -0.05) is 6.92 Å². The highest BCUT2D eigenvalue weighted by Crippen LogP contribution is 2.30. The maximum Gasteiger partial charge on any atom is 0.149 e. The van der Waals surface area contributed by atoms with E-state index >= 15 is 0 Å². The fourth-order valence-corrected chi connectivity index (χ4v) is 2.86. The average Bonchev–Trinajstić information content (AvgIpc) is 2.71. The molecule has 0 radical (unpaired) electrons. The van der Waals surface area contributed by atoms with E-state index < -0.39 is 0 Å². The number of aliphatic hydroxyl groups is 1. The molecule has 0 spiro atoms. The molecule has 1 saturated carbocycles. The summed E-state index contributed by atoms with van der Waals surface area (Å²) in [5.41, 5.74) is 0. The summed E-state index contributed by atoms with van der Waals surface area (Å²) < 4.78 is 0. The van der Waals surface area contributed by atoms with E-state index in [1.807, 2.05) is 0 Å². The molecule has 0 aromatic heterocycles. The first-order valence-corrected chi connectivity index (χ1v) is 5.63. The Bertz CT molecular complexity index is 229. The van der Waals surface area contributed by atoms with Gasteiger partial charge in [0.1, 0.15) is 5.78 Å². The molecular weight excluding hydrogens is 178 g/mol. The van der Waals surface area contributed by atoms with Crippen LogP contribution in [0.4, 0.5) is 0 Å². The first kappa shape index (κ1) is 10.1. The van der Waals surface area contributed by atoms with Gasteiger partial charge in [-0.15, -0.1) is 0 Å². The molecule has 1 aliphatic carbocycles. The summed E-state index contributed by atoms with van der Waals surface area (Å²) in [6.07, 6.45) is 3.90. The maximum absolute atomic E-state index is 11.6. The number of aliphatic hydroxyl groups excluding tert-OH is 1. The van der Waals surface area contributed by atoms with E-state index in [-0.39, 0.29) is 18.7 Å². The van der Waals surface area contributed by atoms with Gasteiger partial charge in [0.15, 0.2) is 0 Å². The van der Waals surface area contributed by atoms with Crippen molar-refractivity contribution in [1.82, 2.24) is 4.90 Å². The molecule has 1 heterocycles. The SMILES string of the molecule is CC1CCN(C2CCCC2=O)C1CO. The maximum atomic E-state index is 11.6. The summed E-state index contributed by atoms with van der Waals surface area (Å²) in [5.74, 6) is 0.922. The molecule has 80 valence electrons. The summed E-state index contributed by atoms with van der Waals surface area (Å²) in [6.45, 7) is 3.36. The number of nitrogens with zero attached hydrogens (tertiary/aromatic N) is 1. The van der Waals surface area contributed by atoms with E-state index in [2.05, 4.69) is 11.8 Å². The molecule has 2 aliphatic rings. The van der Waals surface area contributed by atoms with Crippen molar-refractivity contribution in [2.24, 2.45) is 5.92 Å². The Kier molecular flexibility index (Phi) is 2.88. The zero-order chi connectivity index (χ0) is 10.1. The molecule has 0 aromatic rings. The smallest absolute Gasteiger partial charge is 0.149 e. The Balaban J connectivity index is 2.06. The highest BCUT2D eigenvalue weighted by Gasteiger charge is 2.39. The number of Topliss-reactive ketones (excluding diaryl/α,β-unsaturated/α-hetero) is 1. The molecule has 14 heavy (non-hydrogen) atoms. The van der Waals surface area contributed by atoms with Gasteiger partial charge >= 0.3 is 0 Å². The summed E-state index contributed by atoms with van der Waals surface area (Å²) >= 11 is 0. The molecule has 2 rings (SSSR count). The van der Waals surface area contributed by atoms with Crippen LogP contribution in [0.2, 0.25) is 0 Å². The van der Waals surface area contributed by atoms with Gasteiger partial charge in [-0.2, -0.15) is 0 Å². The fourth-order valence-electron chi connectivity index (χ4n) is 2.86. The molecule has 3 nitrogen and oxygen atoms in total. The van der Waals surface area contributed by atoms with Crippen LogP contribution >= 0.6 is 0 Å². The molecule has 0 amide bonds. The minimum Gasteiger partial charge on any atom is -0.395 e. The van der Waals surface area contributed by atoms with Gasteiger partial charge in [-0.3, -0.25) is 9.69 Å². The second-order valence-corrected chi connectivity index (χ2v) is 4.63. The minimum absolute atomic E-state index is 0.122. The third-order valence-electron chi connectivity index (χ3n) is 3.79. The van der Waals surface area contributed by atoms with Crippen molar-refractivity contribution < 1.29 is 9.90 Å². The van der Waals surface area contributed by atoms with Gasteiger partial charge in [0.05, 0.1) is 12.6 Å². The molecule has 3 unspecified atom stereocenters. The van der Waals surface area contributed by atoms with E-state index in [0.29, 0.717) is 11.7 Å². The van der Waals surface area contributed by atoms with Crippen LogP contribution in [0.15, 0.2) is 0 Å². The molecule has 0 aromatic carbocycles. The lowest BCUT2D eigenvalue weighted by Crippen LogP contribution is -2.44. The Labute approximate surface area is 85.1 Å². The molecule has 1 N–H and O–H groups in total. The summed E-state index contributed by atoms with van der Waals surface area (Å²) in [6, 6.07) is 0.346. The van der Waals surface area contributed by atoms with Crippen molar-refractivity contribution in [3.63, 3.8) is 0 Å². The monoisotopic (exact) mass is 197 g/mol. The van der Waals surface area contributed by atoms with Gasteiger partial charge in [0.25, 0.3) is 0 Å². The van der Waals surface area contributed by atoms with Crippen LogP contribution < -0.4 is 0 Å². The van der Waals surface area contributed by atoms with Gasteiger partial charge in [-0.05, 0) is 31.7 Å². The topological polar surface area (TPSA) is 40.5 Å². The summed E-state index contributed by atoms with van der Waals surface area (Å²) in [5, 5.41) is 9.30. The Morgan fingerprint density at radius 3 is 2.86 bits per heavy atom. The Morgan fingerprint density at radius 1 is 1.50 bits per heavy atom. The molecule has 2 fully saturated rings. The quantitative estimate of drug-likeness (QED) is 0.712. The number of carbonyl (C=O) groups is 1. The lowest BCUT2D eigenvalue weighted by molar-refractivity contribution is -0.122. The summed E-state index contributed by atoms with van der Waals surface area (Å²) in [7, 11) is 0. The van der Waals surface area contributed by atoms with Crippen LogP contribution in [-0.2, 0) is 4.79 Å². The normalized spacial score (nSPS) is 39.6. The predicted molar refractivity (Wildman–Crippen MR) is 54.0 cm³/mol. The largest absolute Gasteiger partial charge is 0.395 e. The Hall–Kier alpha value is -0.410. The van der Waals surface area contributed by atoms with Crippen LogP contribution in [0.5, 0.6) is 0 Å². The standard InChI is InChI=1S/C11H19NO2/c1-8-5-6-12(10(8)7-13)9-3-2-4-11(9)14/h8-10,13H,2-7H2,1H3. The minimum atomic E-state index is 0.122. The number of carbonyl (C=O) groups excluding carboxylic acids is 1. The van der Waals surface area contributed by atoms with E-state index in [1.54, 1.807) is 0 Å². The van der Waals surface area contributed by atoms with Gasteiger partial charge < -0.3 is 5.11 Å². The third-order valence-corrected chi connectivity index (χ3v) is 3.79. The third kappa shape index (κ3) is 1.59. The zero-order valence-electron chi connectivity index (χ0n) is 8.78. The van der Waals surface area contributed by atoms with Gasteiger partial charge in [0, 0.05) is 12.5 Å². The summed E-state index contributed by atoms with van der Waals surface area (Å²) in [4.78, 5) is 13.8. The van der Waals surface area contributed by atoms with Crippen LogP contribution in [0.1, 0.15) is 32.6 Å². The van der Waals surface area contributed by atoms with Crippen molar-refractivity contribution in [3.8, 4) is 0 Å². The molecule has 3 atom stereocenters. The van der Waals surface area contributed by atoms with Crippen molar-refractivity contribution >= 4 is 5.78 Å². The predicted octanol–water partition coefficient (Wildman–Crippen LogP) is 0.811. The molecule has 1 saturated heterocycles. The van der Waals surface area contributed by atoms with E-state index in [9.17, 15) is 9.90 Å². The first-order chi connectivity index (χ1) is 6.74. The van der Waals surface area contributed by atoms with E-state index in [4.69, 9.17) is 0 Å². The van der Waals surface area contributed by atoms with Crippen LogP contribution in [0.25, 0.3) is 0 Å². The molecule has 0 bridgehead atoms. The molecule has 1 aliphatic heterocycles. The number of likely N-dealkylation sites (tertiary alicyclic amines) is 1. The first-order valence-electron chi connectivity index (χ1n) is 5.63. The average molecular weight is 197 g/mol. The second-order valence-electron chi connectivity index (χ2n) is 4.63. The van der Waals surface area contributed by atoms with Crippen molar-refractivity contribution in [2.75, 3.05) is 13.2 Å².